The third kappa shape index (κ3) is 3.09. The summed E-state index contributed by atoms with van der Waals surface area (Å²) in [5, 5.41) is 0. The van der Waals surface area contributed by atoms with Gasteiger partial charge in [0.15, 0.2) is 0 Å². The van der Waals surface area contributed by atoms with Crippen molar-refractivity contribution in [1.29, 1.82) is 0 Å². The van der Waals surface area contributed by atoms with E-state index in [4.69, 9.17) is 4.74 Å². The Morgan fingerprint density at radius 2 is 2.08 bits per heavy atom. The summed E-state index contributed by atoms with van der Waals surface area (Å²) < 4.78 is 19.8. The second kappa shape index (κ2) is 4.59. The minimum atomic E-state index is -0.257. The van der Waals surface area contributed by atoms with Crippen molar-refractivity contribution in [2.75, 3.05) is 0 Å². The van der Waals surface area contributed by atoms with Crippen molar-refractivity contribution in [2.24, 2.45) is 0 Å². The third-order valence-corrected chi connectivity index (χ3v) is 2.71. The lowest BCUT2D eigenvalue weighted by Gasteiger charge is -2.13. The molecule has 0 N–H and O–H groups in total. The molecule has 0 aliphatic carbocycles. The van der Waals surface area contributed by atoms with Gasteiger partial charge in [-0.1, -0.05) is 0 Å². The van der Waals surface area contributed by atoms with E-state index in [9.17, 15) is 4.39 Å². The first-order chi connectivity index (χ1) is 6.00. The highest BCUT2D eigenvalue weighted by molar-refractivity contribution is 14.1. The number of hydrogen-bond acceptors (Lipinski definition) is 1. The Morgan fingerprint density at radius 3 is 2.54 bits per heavy atom. The Bertz CT molecular complexity index is 291. The van der Waals surface area contributed by atoms with Crippen LogP contribution in [0.5, 0.6) is 5.75 Å². The van der Waals surface area contributed by atoms with Gasteiger partial charge < -0.3 is 4.74 Å². The molecule has 13 heavy (non-hydrogen) atoms. The lowest BCUT2D eigenvalue weighted by atomic mass is 10.3. The molecule has 0 radical (unpaired) electrons. The van der Waals surface area contributed by atoms with Crippen molar-refractivity contribution in [3.63, 3.8) is 0 Å². The second-order valence-electron chi connectivity index (χ2n) is 2.87. The van der Waals surface area contributed by atoms with Crippen molar-refractivity contribution in [2.45, 2.75) is 20.0 Å². The molecule has 0 bridgehead atoms. The van der Waals surface area contributed by atoms with Gasteiger partial charge in [0.25, 0.3) is 0 Å². The van der Waals surface area contributed by atoms with Gasteiger partial charge in [-0.25, -0.2) is 4.39 Å². The van der Waals surface area contributed by atoms with E-state index in [1.165, 1.54) is 12.1 Å². The Morgan fingerprint density at radius 1 is 1.46 bits per heavy atom. The summed E-state index contributed by atoms with van der Waals surface area (Å²) >= 11 is 5.31. The van der Waals surface area contributed by atoms with Gasteiger partial charge >= 0.3 is 0 Å². The molecular weight excluding hydrogens is 350 g/mol. The molecule has 0 fully saturated rings. The van der Waals surface area contributed by atoms with Crippen LogP contribution in [-0.4, -0.2) is 6.10 Å². The van der Waals surface area contributed by atoms with Crippen LogP contribution in [0, 0.1) is 9.39 Å². The summed E-state index contributed by atoms with van der Waals surface area (Å²) in [5.41, 5.74) is 0. The first kappa shape index (κ1) is 11.2. The zero-order chi connectivity index (χ0) is 10.0. The molecule has 1 aromatic rings. The van der Waals surface area contributed by atoms with Crippen molar-refractivity contribution in [1.82, 2.24) is 0 Å². The van der Waals surface area contributed by atoms with Crippen LogP contribution in [0.15, 0.2) is 16.6 Å². The molecule has 0 spiro atoms. The van der Waals surface area contributed by atoms with Crippen LogP contribution >= 0.6 is 38.5 Å². The Labute approximate surface area is 98.9 Å². The Hall–Kier alpha value is 0.160. The maximum Gasteiger partial charge on any atom is 0.147 e. The smallest absolute Gasteiger partial charge is 0.147 e. The van der Waals surface area contributed by atoms with Crippen molar-refractivity contribution in [3.8, 4) is 5.75 Å². The van der Waals surface area contributed by atoms with E-state index >= 15 is 0 Å². The van der Waals surface area contributed by atoms with E-state index in [1.54, 1.807) is 0 Å². The van der Waals surface area contributed by atoms with Gasteiger partial charge in [-0.15, -0.1) is 0 Å². The van der Waals surface area contributed by atoms with Crippen molar-refractivity contribution < 1.29 is 9.13 Å². The van der Waals surface area contributed by atoms with Gasteiger partial charge in [-0.05, 0) is 64.5 Å². The average molecular weight is 359 g/mol. The van der Waals surface area contributed by atoms with Gasteiger partial charge in [-0.2, -0.15) is 0 Å². The highest BCUT2D eigenvalue weighted by Gasteiger charge is 2.09. The first-order valence-corrected chi connectivity index (χ1v) is 5.69. The SMILES string of the molecule is CC(C)Oc1c(Br)cc(F)cc1I. The maximum atomic E-state index is 12.9. The predicted molar refractivity (Wildman–Crippen MR) is 62.6 cm³/mol. The van der Waals surface area contributed by atoms with Crippen molar-refractivity contribution >= 4 is 38.5 Å². The zero-order valence-electron chi connectivity index (χ0n) is 7.27. The highest BCUT2D eigenvalue weighted by atomic mass is 127. The summed E-state index contributed by atoms with van der Waals surface area (Å²) in [6.07, 6.45) is 0.0928. The maximum absolute atomic E-state index is 12.9. The minimum Gasteiger partial charge on any atom is -0.489 e. The normalized spacial score (nSPS) is 10.6. The van der Waals surface area contributed by atoms with Crippen molar-refractivity contribution in [3.05, 3.63) is 26.0 Å². The lowest BCUT2D eigenvalue weighted by Crippen LogP contribution is -2.07. The number of benzene rings is 1. The molecule has 0 atom stereocenters. The standard InChI is InChI=1S/C9H9BrFIO/c1-5(2)13-9-7(10)3-6(11)4-8(9)12/h3-5H,1-2H3. The molecule has 1 nitrogen and oxygen atoms in total. The van der Waals surface area contributed by atoms with Crippen LogP contribution in [0.25, 0.3) is 0 Å². The lowest BCUT2D eigenvalue weighted by molar-refractivity contribution is 0.238. The molecule has 72 valence electrons. The average Bonchev–Trinajstić information content (AvgIpc) is 1.96. The monoisotopic (exact) mass is 358 g/mol. The molecule has 0 heterocycles. The molecule has 0 saturated carbocycles. The fourth-order valence-electron chi connectivity index (χ4n) is 0.877. The molecule has 0 aliphatic heterocycles. The van der Waals surface area contributed by atoms with Gasteiger partial charge in [0.05, 0.1) is 14.1 Å². The van der Waals surface area contributed by atoms with E-state index < -0.39 is 0 Å². The quantitative estimate of drug-likeness (QED) is 0.726. The predicted octanol–water partition coefficient (Wildman–Crippen LogP) is 3.98. The summed E-state index contributed by atoms with van der Waals surface area (Å²) in [6, 6.07) is 2.85. The summed E-state index contributed by atoms with van der Waals surface area (Å²) in [6.45, 7) is 3.87. The van der Waals surface area contributed by atoms with Crippen LogP contribution < -0.4 is 4.74 Å². The topological polar surface area (TPSA) is 9.23 Å². The molecule has 0 aliphatic rings. The molecule has 1 rings (SSSR count). The number of hydrogen-bond donors (Lipinski definition) is 0. The van der Waals surface area contributed by atoms with E-state index in [0.29, 0.717) is 10.2 Å². The molecule has 1 aromatic carbocycles. The highest BCUT2D eigenvalue weighted by Crippen LogP contribution is 2.32. The Balaban J connectivity index is 3.06. The van der Waals surface area contributed by atoms with E-state index in [0.717, 1.165) is 3.57 Å². The van der Waals surface area contributed by atoms with Gasteiger partial charge in [-0.3, -0.25) is 0 Å². The number of rotatable bonds is 2. The summed E-state index contributed by atoms with van der Waals surface area (Å²) in [7, 11) is 0. The van der Waals surface area contributed by atoms with Gasteiger partial charge in [0.2, 0.25) is 0 Å². The van der Waals surface area contributed by atoms with E-state index in [1.807, 2.05) is 36.4 Å². The molecule has 0 saturated heterocycles. The van der Waals surface area contributed by atoms with E-state index in [2.05, 4.69) is 15.9 Å². The fourth-order valence-corrected chi connectivity index (χ4v) is 2.49. The number of ether oxygens (including phenoxy) is 1. The molecule has 4 heteroatoms. The zero-order valence-corrected chi connectivity index (χ0v) is 11.0. The second-order valence-corrected chi connectivity index (χ2v) is 4.88. The van der Waals surface area contributed by atoms with Crippen LogP contribution in [0.1, 0.15) is 13.8 Å². The minimum absolute atomic E-state index is 0.0928. The van der Waals surface area contributed by atoms with Crippen LogP contribution in [0.4, 0.5) is 4.39 Å². The van der Waals surface area contributed by atoms with Crippen LogP contribution in [0.3, 0.4) is 0 Å². The largest absolute Gasteiger partial charge is 0.489 e. The fraction of sp³-hybridized carbons (Fsp3) is 0.333. The Kier molecular flexibility index (Phi) is 3.97. The molecule has 0 amide bonds. The van der Waals surface area contributed by atoms with Crippen LogP contribution in [0.2, 0.25) is 0 Å². The molecular formula is C9H9BrFIO. The van der Waals surface area contributed by atoms with E-state index in [-0.39, 0.29) is 11.9 Å². The number of halogens is 3. The van der Waals surface area contributed by atoms with Gasteiger partial charge in [0.1, 0.15) is 11.6 Å². The van der Waals surface area contributed by atoms with Crippen LogP contribution in [-0.2, 0) is 0 Å². The third-order valence-electron chi connectivity index (χ3n) is 1.32. The first-order valence-electron chi connectivity index (χ1n) is 3.82. The molecule has 0 unspecified atom stereocenters. The summed E-state index contributed by atoms with van der Waals surface area (Å²) in [5.74, 6) is 0.449. The molecule has 0 aromatic heterocycles. The summed E-state index contributed by atoms with van der Waals surface area (Å²) in [4.78, 5) is 0. The van der Waals surface area contributed by atoms with Gasteiger partial charge in [0, 0.05) is 0 Å².